The van der Waals surface area contributed by atoms with Gasteiger partial charge in [0, 0.05) is 23.2 Å². The van der Waals surface area contributed by atoms with Crippen molar-refractivity contribution in [2.75, 3.05) is 5.32 Å². The van der Waals surface area contributed by atoms with Crippen LogP contribution in [-0.2, 0) is 6.54 Å². The van der Waals surface area contributed by atoms with Crippen molar-refractivity contribution in [2.45, 2.75) is 20.4 Å². The molecule has 0 aliphatic heterocycles. The lowest BCUT2D eigenvalue weighted by Gasteiger charge is -2.06. The zero-order valence-electron chi connectivity index (χ0n) is 11.2. The van der Waals surface area contributed by atoms with E-state index in [1.165, 1.54) is 16.5 Å². The molecule has 19 heavy (non-hydrogen) atoms. The number of hydrogen-bond acceptors (Lipinski definition) is 2. The van der Waals surface area contributed by atoms with Crippen LogP contribution >= 0.6 is 0 Å². The number of nitrogens with one attached hydrogen (secondary N) is 1. The van der Waals surface area contributed by atoms with Gasteiger partial charge >= 0.3 is 0 Å². The van der Waals surface area contributed by atoms with Crippen LogP contribution in [0.5, 0.6) is 0 Å². The Morgan fingerprint density at radius 3 is 2.47 bits per heavy atom. The van der Waals surface area contributed by atoms with E-state index in [-0.39, 0.29) is 0 Å². The summed E-state index contributed by atoms with van der Waals surface area (Å²) in [7, 11) is 0. The molecule has 0 radical (unpaired) electrons. The van der Waals surface area contributed by atoms with E-state index in [9.17, 15) is 0 Å². The Labute approximate surface area is 113 Å². The fourth-order valence-electron chi connectivity index (χ4n) is 2.30. The highest BCUT2D eigenvalue weighted by atomic mass is 16.3. The lowest BCUT2D eigenvalue weighted by molar-refractivity contribution is 0.573. The van der Waals surface area contributed by atoms with Gasteiger partial charge in [-0.15, -0.1) is 0 Å². The summed E-state index contributed by atoms with van der Waals surface area (Å²) in [5.41, 5.74) is 4.60. The van der Waals surface area contributed by atoms with E-state index >= 15 is 0 Å². The molecule has 0 aliphatic rings. The number of furan rings is 1. The predicted molar refractivity (Wildman–Crippen MR) is 79.5 cm³/mol. The van der Waals surface area contributed by atoms with E-state index in [1.54, 1.807) is 0 Å². The average Bonchev–Trinajstić information content (AvgIpc) is 2.74. The van der Waals surface area contributed by atoms with Gasteiger partial charge in [-0.05, 0) is 32.0 Å². The average molecular weight is 251 g/mol. The number of hydrogen-bond donors (Lipinski definition) is 1. The van der Waals surface area contributed by atoms with E-state index in [0.29, 0.717) is 0 Å². The molecule has 0 aliphatic carbocycles. The van der Waals surface area contributed by atoms with Crippen LogP contribution in [0.25, 0.3) is 11.0 Å². The van der Waals surface area contributed by atoms with Crippen molar-refractivity contribution in [2.24, 2.45) is 0 Å². The quantitative estimate of drug-likeness (QED) is 0.732. The number of aryl methyl sites for hydroxylation is 2. The van der Waals surface area contributed by atoms with Crippen LogP contribution in [0.4, 0.5) is 5.69 Å². The lowest BCUT2D eigenvalue weighted by Crippen LogP contribution is -1.99. The highest BCUT2D eigenvalue weighted by Gasteiger charge is 2.09. The first kappa shape index (κ1) is 11.8. The van der Waals surface area contributed by atoms with Crippen LogP contribution in [0, 0.1) is 13.8 Å². The lowest BCUT2D eigenvalue weighted by atomic mass is 10.1. The van der Waals surface area contributed by atoms with Crippen molar-refractivity contribution in [3.63, 3.8) is 0 Å². The van der Waals surface area contributed by atoms with Gasteiger partial charge in [-0.3, -0.25) is 0 Å². The predicted octanol–water partition coefficient (Wildman–Crippen LogP) is 4.66. The second-order valence-corrected chi connectivity index (χ2v) is 4.85. The molecule has 1 aromatic heterocycles. The summed E-state index contributed by atoms with van der Waals surface area (Å²) in [6.07, 6.45) is 0. The van der Waals surface area contributed by atoms with Gasteiger partial charge in [0.25, 0.3) is 0 Å². The molecule has 3 rings (SSSR count). The molecular weight excluding hydrogens is 234 g/mol. The van der Waals surface area contributed by atoms with Crippen LogP contribution in [0.1, 0.15) is 16.9 Å². The minimum absolute atomic E-state index is 0.784. The van der Waals surface area contributed by atoms with Crippen molar-refractivity contribution in [1.82, 2.24) is 0 Å². The van der Waals surface area contributed by atoms with Crippen molar-refractivity contribution < 1.29 is 4.42 Å². The van der Waals surface area contributed by atoms with Crippen LogP contribution in [0.2, 0.25) is 0 Å². The number of fused-ring (bicyclic) bond motifs is 1. The van der Waals surface area contributed by atoms with Gasteiger partial charge in [0.15, 0.2) is 0 Å². The number of rotatable bonds is 3. The van der Waals surface area contributed by atoms with E-state index < -0.39 is 0 Å². The second-order valence-electron chi connectivity index (χ2n) is 4.85. The summed E-state index contributed by atoms with van der Waals surface area (Å²) >= 11 is 0. The Morgan fingerprint density at radius 2 is 1.68 bits per heavy atom. The van der Waals surface area contributed by atoms with Crippen molar-refractivity contribution in [3.05, 3.63) is 65.4 Å². The number of anilines is 1. The van der Waals surface area contributed by atoms with Gasteiger partial charge in [0.1, 0.15) is 11.3 Å². The Morgan fingerprint density at radius 1 is 0.947 bits per heavy atom. The van der Waals surface area contributed by atoms with Gasteiger partial charge in [-0.25, -0.2) is 0 Å². The summed E-state index contributed by atoms with van der Waals surface area (Å²) in [6, 6.07) is 16.6. The third-order valence-electron chi connectivity index (χ3n) is 3.42. The third-order valence-corrected chi connectivity index (χ3v) is 3.42. The number of benzene rings is 2. The van der Waals surface area contributed by atoms with Crippen LogP contribution in [-0.4, -0.2) is 0 Å². The minimum atomic E-state index is 0.784. The molecule has 0 bridgehead atoms. The first-order chi connectivity index (χ1) is 9.24. The second kappa shape index (κ2) is 4.81. The molecule has 1 heterocycles. The normalized spacial score (nSPS) is 10.8. The largest absolute Gasteiger partial charge is 0.461 e. The highest BCUT2D eigenvalue weighted by Crippen LogP contribution is 2.26. The molecule has 1 N–H and O–H groups in total. The smallest absolute Gasteiger partial charge is 0.134 e. The summed E-state index contributed by atoms with van der Waals surface area (Å²) in [5.74, 6) is 0.987. The Balaban J connectivity index is 1.85. The fraction of sp³-hybridized carbons (Fsp3) is 0.176. The zero-order valence-corrected chi connectivity index (χ0v) is 11.2. The molecule has 3 aromatic rings. The molecule has 2 aromatic carbocycles. The molecular formula is C17H17NO. The van der Waals surface area contributed by atoms with Gasteiger partial charge < -0.3 is 9.73 Å². The summed E-state index contributed by atoms with van der Waals surface area (Å²) in [6.45, 7) is 4.90. The Kier molecular flexibility index (Phi) is 3.00. The van der Waals surface area contributed by atoms with Gasteiger partial charge in [0.05, 0.1) is 0 Å². The highest BCUT2D eigenvalue weighted by molar-refractivity contribution is 5.82. The van der Waals surface area contributed by atoms with Crippen LogP contribution in [0.15, 0.2) is 52.9 Å². The van der Waals surface area contributed by atoms with E-state index in [1.807, 2.05) is 25.1 Å². The standard InChI is InChI=1S/C17H17NO/c1-12-7-9-14(10-8-12)18-11-16-13(2)19-17-6-4-3-5-15(16)17/h3-10,18H,11H2,1-2H3. The van der Waals surface area contributed by atoms with Gasteiger partial charge in [0.2, 0.25) is 0 Å². The molecule has 0 saturated heterocycles. The third kappa shape index (κ3) is 2.34. The van der Waals surface area contributed by atoms with Crippen LogP contribution < -0.4 is 5.32 Å². The SMILES string of the molecule is Cc1ccc(NCc2c(C)oc3ccccc23)cc1. The van der Waals surface area contributed by atoms with Gasteiger partial charge in [-0.2, -0.15) is 0 Å². The molecule has 2 heteroatoms. The topological polar surface area (TPSA) is 25.2 Å². The molecule has 0 atom stereocenters. The Hall–Kier alpha value is -2.22. The van der Waals surface area contributed by atoms with E-state index in [2.05, 4.69) is 42.6 Å². The van der Waals surface area contributed by atoms with Crippen LogP contribution in [0.3, 0.4) is 0 Å². The maximum absolute atomic E-state index is 5.77. The monoisotopic (exact) mass is 251 g/mol. The van der Waals surface area contributed by atoms with Crippen molar-refractivity contribution >= 4 is 16.7 Å². The zero-order chi connectivity index (χ0) is 13.2. The van der Waals surface area contributed by atoms with Crippen molar-refractivity contribution in [1.29, 1.82) is 0 Å². The molecule has 0 fully saturated rings. The minimum Gasteiger partial charge on any atom is -0.461 e. The molecule has 96 valence electrons. The first-order valence-corrected chi connectivity index (χ1v) is 6.51. The summed E-state index contributed by atoms with van der Waals surface area (Å²) in [4.78, 5) is 0. The van der Waals surface area contributed by atoms with E-state index in [0.717, 1.165) is 23.6 Å². The van der Waals surface area contributed by atoms with Crippen molar-refractivity contribution in [3.8, 4) is 0 Å². The summed E-state index contributed by atoms with van der Waals surface area (Å²) in [5, 5.41) is 4.64. The maximum atomic E-state index is 5.77. The Bertz CT molecular complexity index is 695. The number of para-hydroxylation sites is 1. The first-order valence-electron chi connectivity index (χ1n) is 6.51. The maximum Gasteiger partial charge on any atom is 0.134 e. The van der Waals surface area contributed by atoms with E-state index in [4.69, 9.17) is 4.42 Å². The molecule has 0 spiro atoms. The molecule has 0 saturated carbocycles. The molecule has 2 nitrogen and oxygen atoms in total. The molecule has 0 unspecified atom stereocenters. The summed E-state index contributed by atoms with van der Waals surface area (Å²) < 4.78 is 5.77. The molecule has 0 amide bonds. The fourth-order valence-corrected chi connectivity index (χ4v) is 2.30. The van der Waals surface area contributed by atoms with Gasteiger partial charge in [-0.1, -0.05) is 35.9 Å².